The number of aromatic nitrogens is 3. The summed E-state index contributed by atoms with van der Waals surface area (Å²) in [5.41, 5.74) is 5.71. The van der Waals surface area contributed by atoms with Gasteiger partial charge in [0.05, 0.1) is 5.69 Å². The number of rotatable bonds is 5. The van der Waals surface area contributed by atoms with Crippen LogP contribution in [0, 0.1) is 6.92 Å². The summed E-state index contributed by atoms with van der Waals surface area (Å²) in [6.45, 7) is 6.88. The maximum absolute atomic E-state index is 5.54. The number of hydrogen-bond acceptors (Lipinski definition) is 5. The fourth-order valence-electron chi connectivity index (χ4n) is 3.36. The molecule has 0 atom stereocenters. The third-order valence-corrected chi connectivity index (χ3v) is 4.82. The second kappa shape index (κ2) is 7.38. The summed E-state index contributed by atoms with van der Waals surface area (Å²) in [7, 11) is 0. The minimum absolute atomic E-state index is 0.783. The molecule has 1 aromatic carbocycles. The normalized spacial score (nSPS) is 14.4. The molecule has 5 nitrogen and oxygen atoms in total. The molecule has 26 heavy (non-hydrogen) atoms. The van der Waals surface area contributed by atoms with Gasteiger partial charge in [-0.25, -0.2) is 9.97 Å². The van der Waals surface area contributed by atoms with Crippen LogP contribution >= 0.6 is 0 Å². The minimum Gasteiger partial charge on any atom is -0.356 e. The summed E-state index contributed by atoms with van der Waals surface area (Å²) >= 11 is 0. The molecule has 0 amide bonds. The van der Waals surface area contributed by atoms with Gasteiger partial charge in [0, 0.05) is 61.6 Å². The Hall–Kier alpha value is -2.53. The van der Waals surface area contributed by atoms with Gasteiger partial charge in [-0.15, -0.1) is 0 Å². The second-order valence-electron chi connectivity index (χ2n) is 7.02. The van der Waals surface area contributed by atoms with Crippen LogP contribution in [0.4, 0.5) is 0 Å². The van der Waals surface area contributed by atoms with Gasteiger partial charge in [-0.3, -0.25) is 4.90 Å². The molecule has 0 spiro atoms. The monoisotopic (exact) mass is 348 g/mol. The van der Waals surface area contributed by atoms with Crippen LogP contribution in [0.3, 0.4) is 0 Å². The lowest BCUT2D eigenvalue weighted by atomic mass is 10.1. The first-order valence-corrected chi connectivity index (χ1v) is 9.30. The van der Waals surface area contributed by atoms with E-state index in [1.807, 2.05) is 12.3 Å². The molecule has 0 N–H and O–H groups in total. The highest BCUT2D eigenvalue weighted by atomic mass is 16.5. The van der Waals surface area contributed by atoms with Gasteiger partial charge in [0.2, 0.25) is 0 Å². The zero-order chi connectivity index (χ0) is 17.9. The zero-order valence-electron chi connectivity index (χ0n) is 15.4. The van der Waals surface area contributed by atoms with E-state index in [0.717, 1.165) is 61.7 Å². The second-order valence-corrected chi connectivity index (χ2v) is 7.02. The molecule has 134 valence electrons. The number of fused-ring (bicyclic) bond motifs is 1. The van der Waals surface area contributed by atoms with Gasteiger partial charge in [-0.2, -0.15) is 0 Å². The first-order valence-electron chi connectivity index (χ1n) is 9.30. The zero-order valence-corrected chi connectivity index (χ0v) is 15.4. The van der Waals surface area contributed by atoms with Crippen LogP contribution in [0.5, 0.6) is 0 Å². The van der Waals surface area contributed by atoms with Crippen molar-refractivity contribution in [2.75, 3.05) is 6.54 Å². The van der Waals surface area contributed by atoms with Gasteiger partial charge in [0.1, 0.15) is 5.82 Å². The van der Waals surface area contributed by atoms with Crippen molar-refractivity contribution in [3.8, 4) is 11.3 Å². The molecule has 3 heterocycles. The smallest absolute Gasteiger partial charge is 0.167 e. The van der Waals surface area contributed by atoms with E-state index in [4.69, 9.17) is 9.51 Å². The predicted molar refractivity (Wildman–Crippen MR) is 101 cm³/mol. The molecule has 0 saturated heterocycles. The van der Waals surface area contributed by atoms with Crippen molar-refractivity contribution in [3.63, 3.8) is 0 Å². The highest BCUT2D eigenvalue weighted by Crippen LogP contribution is 2.23. The Kier molecular flexibility index (Phi) is 4.80. The maximum Gasteiger partial charge on any atom is 0.167 e. The van der Waals surface area contributed by atoms with Crippen LogP contribution in [0.2, 0.25) is 0 Å². The quantitative estimate of drug-likeness (QED) is 0.699. The first-order chi connectivity index (χ1) is 12.7. The van der Waals surface area contributed by atoms with Crippen LogP contribution in [0.25, 0.3) is 11.3 Å². The summed E-state index contributed by atoms with van der Waals surface area (Å²) in [6.07, 6.45) is 5.01. The lowest BCUT2D eigenvalue weighted by Crippen LogP contribution is -2.31. The number of hydrogen-bond donors (Lipinski definition) is 0. The first kappa shape index (κ1) is 16.9. The van der Waals surface area contributed by atoms with E-state index in [-0.39, 0.29) is 0 Å². The minimum atomic E-state index is 0.783. The van der Waals surface area contributed by atoms with Gasteiger partial charge in [0.15, 0.2) is 5.76 Å². The SMILES string of the molecule is CCCc1ncc2c(n1)CCN(Cc1cc(-c3ccc(C)cc3)on1)C2. The molecule has 5 heteroatoms. The van der Waals surface area contributed by atoms with Crippen molar-refractivity contribution in [1.29, 1.82) is 0 Å². The molecule has 1 aliphatic heterocycles. The molecule has 4 rings (SSSR count). The molecule has 0 radical (unpaired) electrons. The van der Waals surface area contributed by atoms with Gasteiger partial charge in [-0.05, 0) is 13.3 Å². The van der Waals surface area contributed by atoms with Crippen molar-refractivity contribution < 1.29 is 4.52 Å². The lowest BCUT2D eigenvalue weighted by molar-refractivity contribution is 0.235. The van der Waals surface area contributed by atoms with Crippen LogP contribution in [-0.2, 0) is 25.9 Å². The average Bonchev–Trinajstić information content (AvgIpc) is 3.11. The molecule has 0 fully saturated rings. The van der Waals surface area contributed by atoms with Crippen molar-refractivity contribution in [1.82, 2.24) is 20.0 Å². The molecular weight excluding hydrogens is 324 g/mol. The summed E-state index contributed by atoms with van der Waals surface area (Å²) < 4.78 is 5.54. The van der Waals surface area contributed by atoms with Gasteiger partial charge < -0.3 is 4.52 Å². The summed E-state index contributed by atoms with van der Waals surface area (Å²) in [4.78, 5) is 11.6. The summed E-state index contributed by atoms with van der Waals surface area (Å²) in [5, 5.41) is 4.26. The largest absolute Gasteiger partial charge is 0.356 e. The Morgan fingerprint density at radius 1 is 1.19 bits per heavy atom. The highest BCUT2D eigenvalue weighted by Gasteiger charge is 2.20. The van der Waals surface area contributed by atoms with E-state index in [1.165, 1.54) is 16.8 Å². The summed E-state index contributed by atoms with van der Waals surface area (Å²) in [5.74, 6) is 1.80. The molecule has 0 saturated carbocycles. The van der Waals surface area contributed by atoms with Crippen molar-refractivity contribution in [2.45, 2.75) is 46.2 Å². The Balaban J connectivity index is 1.43. The highest BCUT2D eigenvalue weighted by molar-refractivity contribution is 5.57. The Labute approximate surface area is 154 Å². The predicted octanol–water partition coefficient (Wildman–Crippen LogP) is 3.95. The Bertz CT molecular complexity index is 885. The van der Waals surface area contributed by atoms with Gasteiger partial charge >= 0.3 is 0 Å². The van der Waals surface area contributed by atoms with Crippen molar-refractivity contribution in [2.24, 2.45) is 0 Å². The van der Waals surface area contributed by atoms with Crippen LogP contribution < -0.4 is 0 Å². The van der Waals surface area contributed by atoms with E-state index in [2.05, 4.69) is 53.2 Å². The van der Waals surface area contributed by atoms with Crippen LogP contribution in [0.15, 0.2) is 41.1 Å². The van der Waals surface area contributed by atoms with Crippen LogP contribution in [-0.4, -0.2) is 26.6 Å². The van der Waals surface area contributed by atoms with E-state index >= 15 is 0 Å². The molecule has 0 unspecified atom stereocenters. The number of nitrogens with zero attached hydrogens (tertiary/aromatic N) is 4. The molecule has 0 bridgehead atoms. The molecular formula is C21H24N4O. The van der Waals surface area contributed by atoms with Gasteiger partial charge in [-0.1, -0.05) is 41.9 Å². The Morgan fingerprint density at radius 3 is 2.85 bits per heavy atom. The third-order valence-electron chi connectivity index (χ3n) is 4.82. The average molecular weight is 348 g/mol. The van der Waals surface area contributed by atoms with E-state index in [0.29, 0.717) is 0 Å². The van der Waals surface area contributed by atoms with E-state index in [9.17, 15) is 0 Å². The summed E-state index contributed by atoms with van der Waals surface area (Å²) in [6, 6.07) is 10.4. The van der Waals surface area contributed by atoms with Crippen molar-refractivity contribution in [3.05, 3.63) is 64.9 Å². The standard InChI is InChI=1S/C21H24N4O/c1-3-4-21-22-12-17-13-25(10-9-19(17)23-21)14-18-11-20(26-24-18)16-7-5-15(2)6-8-16/h5-8,11-12H,3-4,9-10,13-14H2,1-2H3. The number of aryl methyl sites for hydroxylation is 2. The van der Waals surface area contributed by atoms with Gasteiger partial charge in [0.25, 0.3) is 0 Å². The fourth-order valence-corrected chi connectivity index (χ4v) is 3.36. The van der Waals surface area contributed by atoms with Crippen LogP contribution in [0.1, 0.15) is 41.7 Å². The number of benzene rings is 1. The topological polar surface area (TPSA) is 55.1 Å². The molecule has 0 aliphatic carbocycles. The van der Waals surface area contributed by atoms with Crippen molar-refractivity contribution >= 4 is 0 Å². The molecule has 2 aromatic heterocycles. The van der Waals surface area contributed by atoms with E-state index < -0.39 is 0 Å². The maximum atomic E-state index is 5.54. The Morgan fingerprint density at radius 2 is 2.04 bits per heavy atom. The lowest BCUT2D eigenvalue weighted by Gasteiger charge is -2.27. The van der Waals surface area contributed by atoms with E-state index in [1.54, 1.807) is 0 Å². The fraction of sp³-hybridized carbons (Fsp3) is 0.381. The third kappa shape index (κ3) is 3.68. The molecule has 3 aromatic rings. The molecule has 1 aliphatic rings.